The van der Waals surface area contributed by atoms with Gasteiger partial charge in [-0.25, -0.2) is 4.98 Å². The van der Waals surface area contributed by atoms with Gasteiger partial charge in [0.2, 0.25) is 5.91 Å². The second-order valence-corrected chi connectivity index (χ2v) is 8.43. The van der Waals surface area contributed by atoms with Crippen LogP contribution in [0.25, 0.3) is 17.3 Å². The van der Waals surface area contributed by atoms with E-state index >= 15 is 0 Å². The topological polar surface area (TPSA) is 60.5 Å². The molecule has 1 N–H and O–H groups in total. The van der Waals surface area contributed by atoms with Gasteiger partial charge in [0.1, 0.15) is 18.1 Å². The summed E-state index contributed by atoms with van der Waals surface area (Å²) in [5.41, 5.74) is 3.82. The molecule has 3 aromatic carbocycles. The molecule has 1 heterocycles. The Bertz CT molecular complexity index is 1220. The number of anilines is 1. The van der Waals surface area contributed by atoms with Gasteiger partial charge in [-0.1, -0.05) is 49.4 Å². The van der Waals surface area contributed by atoms with Gasteiger partial charge in [0.15, 0.2) is 5.13 Å². The summed E-state index contributed by atoms with van der Waals surface area (Å²) in [5, 5.41) is 5.31. The van der Waals surface area contributed by atoms with Crippen LogP contribution in [0.3, 0.4) is 0 Å². The first-order valence-corrected chi connectivity index (χ1v) is 12.0. The molecule has 0 aliphatic carbocycles. The van der Waals surface area contributed by atoms with Gasteiger partial charge in [-0.05, 0) is 60.0 Å². The van der Waals surface area contributed by atoms with Gasteiger partial charge in [-0.15, -0.1) is 11.3 Å². The summed E-state index contributed by atoms with van der Waals surface area (Å²) in [6.45, 7) is 3.30. The average molecular weight is 471 g/mol. The fourth-order valence-corrected chi connectivity index (χ4v) is 3.86. The summed E-state index contributed by atoms with van der Waals surface area (Å²) in [5.74, 6) is 1.40. The Morgan fingerprint density at radius 1 is 0.941 bits per heavy atom. The number of carbonyl (C=O) groups is 1. The molecule has 5 nitrogen and oxygen atoms in total. The molecule has 0 saturated heterocycles. The molecule has 4 rings (SSSR count). The van der Waals surface area contributed by atoms with Crippen molar-refractivity contribution in [1.29, 1.82) is 0 Å². The molecular formula is C28H26N2O3S. The van der Waals surface area contributed by atoms with Gasteiger partial charge in [0.05, 0.1) is 12.3 Å². The van der Waals surface area contributed by atoms with Crippen LogP contribution < -0.4 is 14.8 Å². The molecule has 0 aliphatic heterocycles. The highest BCUT2D eigenvalue weighted by atomic mass is 32.1. The average Bonchev–Trinajstić information content (AvgIpc) is 3.35. The molecule has 172 valence electrons. The molecule has 0 spiro atoms. The minimum atomic E-state index is -0.228. The van der Waals surface area contributed by atoms with E-state index in [0.29, 0.717) is 18.3 Å². The first-order chi connectivity index (χ1) is 16.7. The van der Waals surface area contributed by atoms with Gasteiger partial charge in [-0.2, -0.15) is 0 Å². The van der Waals surface area contributed by atoms with Crippen LogP contribution >= 0.6 is 11.3 Å². The second-order valence-electron chi connectivity index (χ2n) is 7.58. The first kappa shape index (κ1) is 23.3. The maximum absolute atomic E-state index is 12.3. The zero-order valence-electron chi connectivity index (χ0n) is 18.9. The van der Waals surface area contributed by atoms with E-state index in [4.69, 9.17) is 9.47 Å². The van der Waals surface area contributed by atoms with Crippen molar-refractivity contribution in [2.75, 3.05) is 11.9 Å². The van der Waals surface area contributed by atoms with Crippen molar-refractivity contribution in [3.63, 3.8) is 0 Å². The van der Waals surface area contributed by atoms with E-state index in [9.17, 15) is 4.79 Å². The van der Waals surface area contributed by atoms with Crippen molar-refractivity contribution in [2.24, 2.45) is 0 Å². The van der Waals surface area contributed by atoms with E-state index in [1.807, 2.05) is 84.2 Å². The highest BCUT2D eigenvalue weighted by molar-refractivity contribution is 7.14. The maximum Gasteiger partial charge on any atom is 0.250 e. The number of hydrogen-bond donors (Lipinski definition) is 1. The number of hydrogen-bond acceptors (Lipinski definition) is 5. The number of thiazole rings is 1. The Morgan fingerprint density at radius 3 is 2.38 bits per heavy atom. The van der Waals surface area contributed by atoms with Crippen LogP contribution in [-0.4, -0.2) is 17.5 Å². The second kappa shape index (κ2) is 11.8. The molecule has 1 amide bonds. The highest BCUT2D eigenvalue weighted by Gasteiger charge is 2.07. The smallest absolute Gasteiger partial charge is 0.250 e. The zero-order chi connectivity index (χ0) is 23.6. The van der Waals surface area contributed by atoms with Crippen molar-refractivity contribution in [3.8, 4) is 22.8 Å². The van der Waals surface area contributed by atoms with E-state index in [0.717, 1.165) is 40.3 Å². The van der Waals surface area contributed by atoms with Gasteiger partial charge < -0.3 is 9.47 Å². The number of nitrogens with one attached hydrogen (secondary N) is 1. The zero-order valence-corrected chi connectivity index (χ0v) is 19.8. The Morgan fingerprint density at radius 2 is 1.65 bits per heavy atom. The molecule has 0 aliphatic rings. The maximum atomic E-state index is 12.3. The molecule has 6 heteroatoms. The van der Waals surface area contributed by atoms with Gasteiger partial charge in [0.25, 0.3) is 0 Å². The third-order valence-electron chi connectivity index (χ3n) is 4.91. The van der Waals surface area contributed by atoms with Crippen molar-refractivity contribution in [1.82, 2.24) is 4.98 Å². The summed E-state index contributed by atoms with van der Waals surface area (Å²) >= 11 is 1.39. The van der Waals surface area contributed by atoms with Crippen LogP contribution in [0.5, 0.6) is 11.5 Å². The lowest BCUT2D eigenvalue weighted by Crippen LogP contribution is -2.07. The number of nitrogens with zero attached hydrogens (tertiary/aromatic N) is 1. The molecular weight excluding hydrogens is 444 g/mol. The lowest BCUT2D eigenvalue weighted by atomic mass is 10.2. The molecule has 0 radical (unpaired) electrons. The normalized spacial score (nSPS) is 10.9. The van der Waals surface area contributed by atoms with Crippen LogP contribution in [0.4, 0.5) is 5.13 Å². The number of benzene rings is 3. The first-order valence-electron chi connectivity index (χ1n) is 11.1. The molecule has 4 aromatic rings. The van der Waals surface area contributed by atoms with E-state index in [2.05, 4.69) is 17.2 Å². The Labute approximate surface area is 203 Å². The Hall–Kier alpha value is -3.90. The lowest BCUT2D eigenvalue weighted by molar-refractivity contribution is -0.111. The largest absolute Gasteiger partial charge is 0.494 e. The summed E-state index contributed by atoms with van der Waals surface area (Å²) in [4.78, 5) is 16.9. The van der Waals surface area contributed by atoms with E-state index in [1.54, 1.807) is 6.08 Å². The van der Waals surface area contributed by atoms with Crippen molar-refractivity contribution < 1.29 is 14.3 Å². The fourth-order valence-electron chi connectivity index (χ4n) is 3.14. The molecule has 0 unspecified atom stereocenters. The third kappa shape index (κ3) is 6.80. The molecule has 34 heavy (non-hydrogen) atoms. The molecule has 1 aromatic heterocycles. The quantitative estimate of drug-likeness (QED) is 0.258. The van der Waals surface area contributed by atoms with Crippen LogP contribution in [0.2, 0.25) is 0 Å². The molecule has 0 saturated carbocycles. The van der Waals surface area contributed by atoms with Crippen LogP contribution in [0.1, 0.15) is 24.5 Å². The third-order valence-corrected chi connectivity index (χ3v) is 5.67. The van der Waals surface area contributed by atoms with Gasteiger partial charge >= 0.3 is 0 Å². The SMILES string of the molecule is CCCOc1ccc(-c2csc(NC(=O)/C=C/c3ccc(OCc4ccccc4)cc3)n2)cc1. The number of aromatic nitrogens is 1. The van der Waals surface area contributed by atoms with Gasteiger partial charge in [-0.3, -0.25) is 10.1 Å². The highest BCUT2D eigenvalue weighted by Crippen LogP contribution is 2.26. The minimum absolute atomic E-state index is 0.228. The molecule has 0 atom stereocenters. The Balaban J connectivity index is 1.28. The standard InChI is InChI=1S/C28H26N2O3S/c1-2-18-32-24-15-11-23(12-16-24)26-20-34-28(29-26)30-27(31)17-10-21-8-13-25(14-9-21)33-19-22-6-4-3-5-7-22/h3-17,20H,2,18-19H2,1H3,(H,29,30,31)/b17-10+. The predicted molar refractivity (Wildman–Crippen MR) is 138 cm³/mol. The van der Waals surface area contributed by atoms with E-state index < -0.39 is 0 Å². The van der Waals surface area contributed by atoms with E-state index in [1.165, 1.54) is 17.4 Å². The number of rotatable bonds is 10. The van der Waals surface area contributed by atoms with Crippen molar-refractivity contribution >= 4 is 28.5 Å². The van der Waals surface area contributed by atoms with Crippen molar-refractivity contribution in [2.45, 2.75) is 20.0 Å². The van der Waals surface area contributed by atoms with E-state index in [-0.39, 0.29) is 5.91 Å². The fraction of sp³-hybridized carbons (Fsp3) is 0.143. The minimum Gasteiger partial charge on any atom is -0.494 e. The number of carbonyl (C=O) groups excluding carboxylic acids is 1. The summed E-state index contributed by atoms with van der Waals surface area (Å²) in [7, 11) is 0. The van der Waals surface area contributed by atoms with Crippen LogP contribution in [0, 0.1) is 0 Å². The summed E-state index contributed by atoms with van der Waals surface area (Å²) in [6, 6.07) is 25.5. The van der Waals surface area contributed by atoms with Crippen LogP contribution in [-0.2, 0) is 11.4 Å². The summed E-state index contributed by atoms with van der Waals surface area (Å²) in [6.07, 6.45) is 4.24. The molecule has 0 bridgehead atoms. The number of amides is 1. The van der Waals surface area contributed by atoms with Crippen LogP contribution in [0.15, 0.2) is 90.3 Å². The number of ether oxygens (including phenoxy) is 2. The predicted octanol–water partition coefficient (Wildman–Crippen LogP) is 6.83. The monoisotopic (exact) mass is 470 g/mol. The Kier molecular flexibility index (Phi) is 8.08. The molecule has 0 fully saturated rings. The van der Waals surface area contributed by atoms with Crippen molar-refractivity contribution in [3.05, 3.63) is 101 Å². The summed E-state index contributed by atoms with van der Waals surface area (Å²) < 4.78 is 11.4. The van der Waals surface area contributed by atoms with Gasteiger partial charge in [0, 0.05) is 17.0 Å². The lowest BCUT2D eigenvalue weighted by Gasteiger charge is -2.06.